The molecule has 0 radical (unpaired) electrons. The Morgan fingerprint density at radius 1 is 0.675 bits per heavy atom. The van der Waals surface area contributed by atoms with Crippen molar-refractivity contribution >= 4 is 5.97 Å². The standard InChI is InChI=1S/C35H64O5/c1-3-4-5-6-18-21-24-31(36)33-26-27-34(40-33)32(37)25-22-19-16-14-12-10-8-7-9-11-13-15-17-20-23-30-28-29(2)39-35(30)38/h28-29,31-34,36-37H,3-27H2,1-2H3/t29-,31-,32-,33-,34-/m1/s1. The van der Waals surface area contributed by atoms with Crippen molar-refractivity contribution < 1.29 is 24.5 Å². The summed E-state index contributed by atoms with van der Waals surface area (Å²) in [6.07, 6.45) is 30.7. The summed E-state index contributed by atoms with van der Waals surface area (Å²) < 4.78 is 11.2. The van der Waals surface area contributed by atoms with Crippen LogP contribution in [0.2, 0.25) is 0 Å². The number of carbonyl (C=O) groups excluding carboxylic acids is 1. The first-order valence-electron chi connectivity index (χ1n) is 17.4. The molecular formula is C35H64O5. The number of aliphatic hydroxyl groups excluding tert-OH is 2. The number of aliphatic hydroxyl groups is 2. The Kier molecular flexibility index (Phi) is 20.0. The Labute approximate surface area is 246 Å². The lowest BCUT2D eigenvalue weighted by atomic mass is 10.00. The molecule has 0 aromatic heterocycles. The van der Waals surface area contributed by atoms with Gasteiger partial charge in [0.05, 0.1) is 24.4 Å². The van der Waals surface area contributed by atoms with Gasteiger partial charge in [0.1, 0.15) is 6.10 Å². The van der Waals surface area contributed by atoms with E-state index in [4.69, 9.17) is 9.47 Å². The first kappa shape index (κ1) is 35.3. The maximum Gasteiger partial charge on any atom is 0.334 e. The van der Waals surface area contributed by atoms with E-state index in [9.17, 15) is 15.0 Å². The highest BCUT2D eigenvalue weighted by atomic mass is 16.5. The Balaban J connectivity index is 1.31. The van der Waals surface area contributed by atoms with E-state index in [2.05, 4.69) is 6.92 Å². The molecule has 0 aliphatic carbocycles. The second-order valence-electron chi connectivity index (χ2n) is 12.8. The smallest absolute Gasteiger partial charge is 0.334 e. The molecule has 2 N–H and O–H groups in total. The lowest BCUT2D eigenvalue weighted by Crippen LogP contribution is -2.31. The summed E-state index contributed by atoms with van der Waals surface area (Å²) in [5, 5.41) is 21.1. The van der Waals surface area contributed by atoms with E-state index < -0.39 is 0 Å². The van der Waals surface area contributed by atoms with Gasteiger partial charge in [-0.2, -0.15) is 0 Å². The third-order valence-electron chi connectivity index (χ3n) is 8.98. The zero-order valence-corrected chi connectivity index (χ0v) is 26.3. The van der Waals surface area contributed by atoms with E-state index in [1.807, 2.05) is 13.0 Å². The number of hydrogen-bond acceptors (Lipinski definition) is 5. The van der Waals surface area contributed by atoms with Crippen LogP contribution in [0.1, 0.15) is 174 Å². The normalized spacial score (nSPS) is 22.4. The van der Waals surface area contributed by atoms with Crippen LogP contribution >= 0.6 is 0 Å². The Bertz CT molecular complexity index is 662. The summed E-state index contributed by atoms with van der Waals surface area (Å²) in [5.41, 5.74) is 0.882. The minimum Gasteiger partial charge on any atom is -0.455 e. The number of esters is 1. The van der Waals surface area contributed by atoms with Gasteiger partial charge in [0, 0.05) is 5.57 Å². The van der Waals surface area contributed by atoms with Gasteiger partial charge in [-0.1, -0.05) is 129 Å². The fraction of sp³-hybridized carbons (Fsp3) is 0.914. The Morgan fingerprint density at radius 2 is 1.07 bits per heavy atom. The fourth-order valence-corrected chi connectivity index (χ4v) is 6.37. The van der Waals surface area contributed by atoms with E-state index in [0.29, 0.717) is 0 Å². The molecule has 2 heterocycles. The summed E-state index contributed by atoms with van der Waals surface area (Å²) in [5.74, 6) is -0.106. The summed E-state index contributed by atoms with van der Waals surface area (Å²) in [6.45, 7) is 4.16. The molecule has 0 saturated carbocycles. The van der Waals surface area contributed by atoms with Crippen LogP contribution in [0, 0.1) is 0 Å². The molecule has 0 aromatic rings. The van der Waals surface area contributed by atoms with Gasteiger partial charge >= 0.3 is 5.97 Å². The third kappa shape index (κ3) is 15.9. The molecule has 0 amide bonds. The Hall–Kier alpha value is -0.910. The third-order valence-corrected chi connectivity index (χ3v) is 8.98. The summed E-state index contributed by atoms with van der Waals surface area (Å²) in [4.78, 5) is 11.6. The average molecular weight is 565 g/mol. The molecule has 1 saturated heterocycles. The van der Waals surface area contributed by atoms with Gasteiger partial charge < -0.3 is 19.7 Å². The maximum absolute atomic E-state index is 11.6. The molecule has 0 unspecified atom stereocenters. The van der Waals surface area contributed by atoms with Crippen LogP contribution in [0.4, 0.5) is 0 Å². The second kappa shape index (κ2) is 22.7. The van der Waals surface area contributed by atoms with Crippen LogP contribution in [0.15, 0.2) is 11.6 Å². The van der Waals surface area contributed by atoms with E-state index >= 15 is 0 Å². The predicted octanol–water partition coefficient (Wildman–Crippen LogP) is 9.12. The van der Waals surface area contributed by atoms with Gasteiger partial charge in [-0.15, -0.1) is 0 Å². The number of unbranched alkanes of at least 4 members (excludes halogenated alkanes) is 18. The highest BCUT2D eigenvalue weighted by Gasteiger charge is 2.34. The molecule has 2 rings (SSSR count). The highest BCUT2D eigenvalue weighted by Crippen LogP contribution is 2.28. The monoisotopic (exact) mass is 564 g/mol. The number of hydrogen-bond donors (Lipinski definition) is 2. The van der Waals surface area contributed by atoms with Crippen molar-refractivity contribution in [3.63, 3.8) is 0 Å². The van der Waals surface area contributed by atoms with Crippen molar-refractivity contribution in [1.82, 2.24) is 0 Å². The second-order valence-corrected chi connectivity index (χ2v) is 12.8. The fourth-order valence-electron chi connectivity index (χ4n) is 6.37. The van der Waals surface area contributed by atoms with Gasteiger partial charge in [-0.25, -0.2) is 4.79 Å². The number of rotatable bonds is 26. The molecule has 0 aromatic carbocycles. The zero-order valence-electron chi connectivity index (χ0n) is 26.3. The molecule has 1 fully saturated rings. The SMILES string of the molecule is CCCCCCCC[C@@H](O)[C@H]1CC[C@H]([C@H](O)CCCCCCCCCCCCCCCCC2=C[C@@H](C)OC2=O)O1. The largest absolute Gasteiger partial charge is 0.455 e. The minimum absolute atomic E-state index is 0.0340. The van der Waals surface area contributed by atoms with Crippen molar-refractivity contribution in [3.05, 3.63) is 11.6 Å². The minimum atomic E-state index is -0.376. The molecule has 5 heteroatoms. The van der Waals surface area contributed by atoms with Crippen molar-refractivity contribution in [1.29, 1.82) is 0 Å². The van der Waals surface area contributed by atoms with Gasteiger partial charge in [0.2, 0.25) is 0 Å². The van der Waals surface area contributed by atoms with Gasteiger partial charge in [0.25, 0.3) is 0 Å². The molecule has 0 spiro atoms. The van der Waals surface area contributed by atoms with Crippen LogP contribution in [-0.2, 0) is 14.3 Å². The number of cyclic esters (lactones) is 1. The summed E-state index contributed by atoms with van der Waals surface area (Å²) in [7, 11) is 0. The van der Waals surface area contributed by atoms with Crippen LogP contribution in [-0.4, -0.2) is 46.7 Å². The van der Waals surface area contributed by atoms with Gasteiger partial charge in [-0.3, -0.25) is 0 Å². The zero-order chi connectivity index (χ0) is 28.8. The highest BCUT2D eigenvalue weighted by molar-refractivity contribution is 5.90. The molecule has 40 heavy (non-hydrogen) atoms. The molecule has 5 atom stereocenters. The van der Waals surface area contributed by atoms with Crippen LogP contribution in [0.25, 0.3) is 0 Å². The number of carbonyl (C=O) groups is 1. The predicted molar refractivity (Wildman–Crippen MR) is 165 cm³/mol. The van der Waals surface area contributed by atoms with E-state index in [1.54, 1.807) is 0 Å². The molecular weight excluding hydrogens is 500 g/mol. The van der Waals surface area contributed by atoms with E-state index in [0.717, 1.165) is 56.9 Å². The van der Waals surface area contributed by atoms with Crippen molar-refractivity contribution in [2.75, 3.05) is 0 Å². The molecule has 2 aliphatic rings. The van der Waals surface area contributed by atoms with Crippen LogP contribution < -0.4 is 0 Å². The first-order chi connectivity index (χ1) is 19.5. The summed E-state index contributed by atoms with van der Waals surface area (Å²) >= 11 is 0. The topological polar surface area (TPSA) is 76.0 Å². The molecule has 2 aliphatic heterocycles. The Morgan fingerprint density at radius 3 is 1.48 bits per heavy atom. The van der Waals surface area contributed by atoms with Crippen molar-refractivity contribution in [2.45, 2.75) is 205 Å². The number of ether oxygens (including phenoxy) is 2. The maximum atomic E-state index is 11.6. The van der Waals surface area contributed by atoms with Crippen LogP contribution in [0.5, 0.6) is 0 Å². The lowest BCUT2D eigenvalue weighted by Gasteiger charge is -2.22. The van der Waals surface area contributed by atoms with Gasteiger partial charge in [0.15, 0.2) is 0 Å². The average Bonchev–Trinajstić information content (AvgIpc) is 3.56. The van der Waals surface area contributed by atoms with Crippen LogP contribution in [0.3, 0.4) is 0 Å². The van der Waals surface area contributed by atoms with Gasteiger partial charge in [-0.05, 0) is 51.5 Å². The quantitative estimate of drug-likeness (QED) is 0.0809. The van der Waals surface area contributed by atoms with E-state index in [-0.39, 0.29) is 36.5 Å². The van der Waals surface area contributed by atoms with Crippen molar-refractivity contribution in [3.8, 4) is 0 Å². The molecule has 0 bridgehead atoms. The molecule has 5 nitrogen and oxygen atoms in total. The summed E-state index contributed by atoms with van der Waals surface area (Å²) in [6, 6.07) is 0. The van der Waals surface area contributed by atoms with Crippen molar-refractivity contribution in [2.24, 2.45) is 0 Å². The molecule has 234 valence electrons. The lowest BCUT2D eigenvalue weighted by molar-refractivity contribution is -0.139. The van der Waals surface area contributed by atoms with E-state index in [1.165, 1.54) is 109 Å². The first-order valence-corrected chi connectivity index (χ1v) is 17.4.